The SMILES string of the molecule is Cc1cccc(C2CCCN2C(=O)c2cccc(N)c2)c1C. The van der Waals surface area contributed by atoms with Crippen LogP contribution in [0.1, 0.15) is 45.9 Å². The number of aryl methyl sites for hydroxylation is 1. The molecular formula is C19H22N2O. The summed E-state index contributed by atoms with van der Waals surface area (Å²) in [5.41, 5.74) is 11.0. The topological polar surface area (TPSA) is 46.3 Å². The number of likely N-dealkylation sites (tertiary alicyclic amines) is 1. The first-order chi connectivity index (χ1) is 10.6. The van der Waals surface area contributed by atoms with Crippen molar-refractivity contribution in [3.8, 4) is 0 Å². The minimum Gasteiger partial charge on any atom is -0.399 e. The van der Waals surface area contributed by atoms with E-state index in [1.165, 1.54) is 16.7 Å². The van der Waals surface area contributed by atoms with Gasteiger partial charge >= 0.3 is 0 Å². The third kappa shape index (κ3) is 2.59. The van der Waals surface area contributed by atoms with Gasteiger partial charge in [-0.1, -0.05) is 24.3 Å². The fourth-order valence-corrected chi connectivity index (χ4v) is 3.31. The summed E-state index contributed by atoms with van der Waals surface area (Å²) in [6.45, 7) is 5.08. The van der Waals surface area contributed by atoms with Gasteiger partial charge in [0.05, 0.1) is 6.04 Å². The van der Waals surface area contributed by atoms with Gasteiger partial charge in [0.2, 0.25) is 0 Å². The smallest absolute Gasteiger partial charge is 0.254 e. The van der Waals surface area contributed by atoms with Crippen LogP contribution in [0.15, 0.2) is 42.5 Å². The zero-order valence-electron chi connectivity index (χ0n) is 13.2. The third-order valence-corrected chi connectivity index (χ3v) is 4.65. The quantitative estimate of drug-likeness (QED) is 0.855. The first-order valence-corrected chi connectivity index (χ1v) is 7.80. The summed E-state index contributed by atoms with van der Waals surface area (Å²) in [5.74, 6) is 0.0794. The standard InChI is InChI=1S/C19H22N2O/c1-13-6-3-9-17(14(13)2)18-10-5-11-21(18)19(22)15-7-4-8-16(20)12-15/h3-4,6-9,12,18H,5,10-11,20H2,1-2H3. The molecule has 0 saturated carbocycles. The van der Waals surface area contributed by atoms with E-state index in [0.29, 0.717) is 11.3 Å². The van der Waals surface area contributed by atoms with E-state index >= 15 is 0 Å². The first kappa shape index (κ1) is 14.6. The lowest BCUT2D eigenvalue weighted by Gasteiger charge is -2.27. The minimum absolute atomic E-state index is 0.0794. The predicted octanol–water partition coefficient (Wildman–Crippen LogP) is 3.86. The monoisotopic (exact) mass is 294 g/mol. The molecule has 1 saturated heterocycles. The summed E-state index contributed by atoms with van der Waals surface area (Å²) in [5, 5.41) is 0. The Labute approximate surface area is 131 Å². The van der Waals surface area contributed by atoms with Crippen LogP contribution in [-0.2, 0) is 0 Å². The van der Waals surface area contributed by atoms with Crippen LogP contribution in [0.25, 0.3) is 0 Å². The van der Waals surface area contributed by atoms with Gasteiger partial charge in [0.1, 0.15) is 0 Å². The molecule has 0 spiro atoms. The largest absolute Gasteiger partial charge is 0.399 e. The number of hydrogen-bond donors (Lipinski definition) is 1. The fourth-order valence-electron chi connectivity index (χ4n) is 3.31. The van der Waals surface area contributed by atoms with Gasteiger partial charge in [0.25, 0.3) is 5.91 Å². The molecule has 3 rings (SSSR count). The molecule has 1 atom stereocenters. The summed E-state index contributed by atoms with van der Waals surface area (Å²) in [7, 11) is 0. The Hall–Kier alpha value is -2.29. The van der Waals surface area contributed by atoms with Crippen molar-refractivity contribution in [3.63, 3.8) is 0 Å². The van der Waals surface area contributed by atoms with Crippen molar-refractivity contribution in [2.45, 2.75) is 32.7 Å². The maximum atomic E-state index is 12.8. The highest BCUT2D eigenvalue weighted by molar-refractivity contribution is 5.95. The average Bonchev–Trinajstić information content (AvgIpc) is 2.98. The molecule has 0 aliphatic carbocycles. The summed E-state index contributed by atoms with van der Waals surface area (Å²) >= 11 is 0. The molecule has 2 aromatic carbocycles. The van der Waals surface area contributed by atoms with Crippen molar-refractivity contribution in [2.75, 3.05) is 12.3 Å². The average molecular weight is 294 g/mol. The highest BCUT2D eigenvalue weighted by Gasteiger charge is 2.31. The van der Waals surface area contributed by atoms with Gasteiger partial charge in [-0.2, -0.15) is 0 Å². The molecule has 1 fully saturated rings. The molecule has 0 bridgehead atoms. The maximum Gasteiger partial charge on any atom is 0.254 e. The van der Waals surface area contributed by atoms with Crippen LogP contribution in [0.3, 0.4) is 0 Å². The van der Waals surface area contributed by atoms with E-state index in [4.69, 9.17) is 5.73 Å². The number of carbonyl (C=O) groups is 1. The molecule has 0 aromatic heterocycles. The number of amides is 1. The van der Waals surface area contributed by atoms with Gasteiger partial charge in [-0.3, -0.25) is 4.79 Å². The van der Waals surface area contributed by atoms with Gasteiger partial charge in [0.15, 0.2) is 0 Å². The van der Waals surface area contributed by atoms with Crippen molar-refractivity contribution in [2.24, 2.45) is 0 Å². The molecule has 0 radical (unpaired) electrons. The number of benzene rings is 2. The number of hydrogen-bond acceptors (Lipinski definition) is 2. The first-order valence-electron chi connectivity index (χ1n) is 7.80. The van der Waals surface area contributed by atoms with Crippen molar-refractivity contribution in [3.05, 3.63) is 64.7 Å². The molecule has 1 heterocycles. The van der Waals surface area contributed by atoms with Crippen LogP contribution in [0.5, 0.6) is 0 Å². The molecule has 3 heteroatoms. The molecule has 114 valence electrons. The van der Waals surface area contributed by atoms with Crippen molar-refractivity contribution >= 4 is 11.6 Å². The Morgan fingerprint density at radius 1 is 1.18 bits per heavy atom. The van der Waals surface area contributed by atoms with Crippen LogP contribution in [0.2, 0.25) is 0 Å². The van der Waals surface area contributed by atoms with E-state index in [9.17, 15) is 4.79 Å². The highest BCUT2D eigenvalue weighted by Crippen LogP contribution is 2.35. The number of nitrogen functional groups attached to an aromatic ring is 1. The van der Waals surface area contributed by atoms with Gasteiger partial charge in [0, 0.05) is 17.8 Å². The number of carbonyl (C=O) groups excluding carboxylic acids is 1. The Morgan fingerprint density at radius 3 is 2.73 bits per heavy atom. The maximum absolute atomic E-state index is 12.8. The van der Waals surface area contributed by atoms with Crippen LogP contribution < -0.4 is 5.73 Å². The molecule has 2 aromatic rings. The second-order valence-electron chi connectivity index (χ2n) is 6.07. The van der Waals surface area contributed by atoms with E-state index in [1.54, 1.807) is 6.07 Å². The van der Waals surface area contributed by atoms with E-state index in [0.717, 1.165) is 19.4 Å². The van der Waals surface area contributed by atoms with Gasteiger partial charge in [-0.05, 0) is 61.6 Å². The number of anilines is 1. The summed E-state index contributed by atoms with van der Waals surface area (Å²) < 4.78 is 0. The van der Waals surface area contributed by atoms with Crippen LogP contribution in [0, 0.1) is 13.8 Å². The molecule has 1 amide bonds. The zero-order chi connectivity index (χ0) is 15.7. The Kier molecular flexibility index (Phi) is 3.88. The number of nitrogens with two attached hydrogens (primary N) is 1. The lowest BCUT2D eigenvalue weighted by molar-refractivity contribution is 0.0735. The Bertz CT molecular complexity index is 708. The lowest BCUT2D eigenvalue weighted by Crippen LogP contribution is -2.31. The minimum atomic E-state index is 0.0794. The van der Waals surface area contributed by atoms with Gasteiger partial charge in [-0.15, -0.1) is 0 Å². The molecule has 2 N–H and O–H groups in total. The second-order valence-corrected chi connectivity index (χ2v) is 6.07. The van der Waals surface area contributed by atoms with E-state index in [1.807, 2.05) is 23.1 Å². The van der Waals surface area contributed by atoms with E-state index in [2.05, 4.69) is 32.0 Å². The second kappa shape index (κ2) is 5.84. The van der Waals surface area contributed by atoms with E-state index in [-0.39, 0.29) is 11.9 Å². The van der Waals surface area contributed by atoms with Crippen LogP contribution in [-0.4, -0.2) is 17.4 Å². The van der Waals surface area contributed by atoms with Gasteiger partial charge in [-0.25, -0.2) is 0 Å². The Balaban J connectivity index is 1.93. The van der Waals surface area contributed by atoms with Gasteiger partial charge < -0.3 is 10.6 Å². The number of nitrogens with zero attached hydrogens (tertiary/aromatic N) is 1. The van der Waals surface area contributed by atoms with E-state index < -0.39 is 0 Å². The van der Waals surface area contributed by atoms with Crippen LogP contribution >= 0.6 is 0 Å². The molecular weight excluding hydrogens is 272 g/mol. The molecule has 3 nitrogen and oxygen atoms in total. The third-order valence-electron chi connectivity index (χ3n) is 4.65. The van der Waals surface area contributed by atoms with Crippen molar-refractivity contribution in [1.82, 2.24) is 4.90 Å². The van der Waals surface area contributed by atoms with Crippen LogP contribution in [0.4, 0.5) is 5.69 Å². The summed E-state index contributed by atoms with van der Waals surface area (Å²) in [6.07, 6.45) is 2.07. The number of rotatable bonds is 2. The Morgan fingerprint density at radius 2 is 1.95 bits per heavy atom. The normalized spacial score (nSPS) is 17.7. The molecule has 1 aliphatic rings. The molecule has 1 aliphatic heterocycles. The molecule has 22 heavy (non-hydrogen) atoms. The predicted molar refractivity (Wildman–Crippen MR) is 89.8 cm³/mol. The van der Waals surface area contributed by atoms with Crippen molar-refractivity contribution in [1.29, 1.82) is 0 Å². The fraction of sp³-hybridized carbons (Fsp3) is 0.316. The lowest BCUT2D eigenvalue weighted by atomic mass is 9.95. The summed E-state index contributed by atoms with van der Waals surface area (Å²) in [6, 6.07) is 13.8. The summed E-state index contributed by atoms with van der Waals surface area (Å²) in [4.78, 5) is 14.8. The van der Waals surface area contributed by atoms with Crippen molar-refractivity contribution < 1.29 is 4.79 Å². The zero-order valence-corrected chi connectivity index (χ0v) is 13.2. The molecule has 1 unspecified atom stereocenters. The highest BCUT2D eigenvalue weighted by atomic mass is 16.2.